The van der Waals surface area contributed by atoms with E-state index in [0.29, 0.717) is 16.5 Å². The number of halogens is 1. The average Bonchev–Trinajstić information content (AvgIpc) is 2.80. The number of nitrogens with one attached hydrogen (secondary N) is 3. The van der Waals surface area contributed by atoms with Gasteiger partial charge in [-0.05, 0) is 77.6 Å². The lowest BCUT2D eigenvalue weighted by Gasteiger charge is -2.22. The number of amides is 2. The second-order valence-corrected chi connectivity index (χ2v) is 8.66. The number of carbonyl (C=O) groups excluding carboxylic acids is 2. The van der Waals surface area contributed by atoms with Gasteiger partial charge in [0, 0.05) is 22.6 Å². The highest BCUT2D eigenvalue weighted by Gasteiger charge is 2.18. The molecular formula is C24H26BrN3O5. The van der Waals surface area contributed by atoms with Crippen LogP contribution in [0.4, 0.5) is 0 Å². The summed E-state index contributed by atoms with van der Waals surface area (Å²) >= 11 is 3.30. The minimum atomic E-state index is -1.21. The molecule has 1 atom stereocenters. The molecule has 2 amide bonds. The van der Waals surface area contributed by atoms with E-state index in [0.717, 1.165) is 31.4 Å². The largest absolute Gasteiger partial charge is 0.508 e. The van der Waals surface area contributed by atoms with Gasteiger partial charge in [0.1, 0.15) is 11.4 Å². The first kappa shape index (κ1) is 24.5. The molecular weight excluding hydrogens is 490 g/mol. The van der Waals surface area contributed by atoms with Crippen LogP contribution in [0.25, 0.3) is 0 Å². The number of carboxylic acids is 1. The Morgan fingerprint density at radius 2 is 1.94 bits per heavy atom. The quantitative estimate of drug-likeness (QED) is 0.343. The van der Waals surface area contributed by atoms with E-state index >= 15 is 0 Å². The number of hydrogen-bond acceptors (Lipinski definition) is 5. The molecule has 0 spiro atoms. The van der Waals surface area contributed by atoms with Gasteiger partial charge in [0.25, 0.3) is 11.8 Å². The van der Waals surface area contributed by atoms with Crippen molar-refractivity contribution < 1.29 is 24.6 Å². The third kappa shape index (κ3) is 7.16. The van der Waals surface area contributed by atoms with Crippen molar-refractivity contribution in [3.63, 3.8) is 0 Å². The van der Waals surface area contributed by atoms with Crippen LogP contribution in [0.3, 0.4) is 0 Å². The highest BCUT2D eigenvalue weighted by molar-refractivity contribution is 9.10. The summed E-state index contributed by atoms with van der Waals surface area (Å²) < 4.78 is 0.365. The third-order valence-electron chi connectivity index (χ3n) is 5.34. The van der Waals surface area contributed by atoms with Gasteiger partial charge in [0.15, 0.2) is 0 Å². The van der Waals surface area contributed by atoms with Crippen LogP contribution in [0.15, 0.2) is 58.7 Å². The predicted octanol–water partition coefficient (Wildman–Crippen LogP) is 3.32. The Labute approximate surface area is 200 Å². The van der Waals surface area contributed by atoms with Crippen LogP contribution in [0, 0.1) is 0 Å². The Morgan fingerprint density at radius 3 is 2.61 bits per heavy atom. The van der Waals surface area contributed by atoms with E-state index in [1.54, 1.807) is 24.3 Å². The number of phenolic OH excluding ortho intramolecular Hbond substituents is 1. The van der Waals surface area contributed by atoms with Crippen molar-refractivity contribution in [3.8, 4) is 5.75 Å². The molecule has 1 aliphatic rings. The van der Waals surface area contributed by atoms with Crippen molar-refractivity contribution in [1.82, 2.24) is 16.0 Å². The number of aromatic hydroxyl groups is 1. The molecule has 3 rings (SSSR count). The zero-order valence-corrected chi connectivity index (χ0v) is 19.5. The standard InChI is InChI=1S/C24H26BrN3O5/c25-20-13-16(22(30)27-14-15-4-3-6-18(29)12-15)7-9-19(20)23(31)28-21(24(32)33)10-8-17-5-1-2-11-26-17/h3-4,6-7,9-10,12-13,17,26,29H,1-2,5,8,11,14H2,(H,27,30)(H,28,31)(H,32,33)/b21-10-. The lowest BCUT2D eigenvalue weighted by Crippen LogP contribution is -2.34. The van der Waals surface area contributed by atoms with E-state index in [1.165, 1.54) is 24.3 Å². The molecule has 0 radical (unpaired) electrons. The number of carboxylic acid groups (broad SMARTS) is 1. The summed E-state index contributed by atoms with van der Waals surface area (Å²) in [5.41, 5.74) is 1.11. The number of aliphatic carboxylic acids is 1. The van der Waals surface area contributed by atoms with Gasteiger partial charge in [0.2, 0.25) is 0 Å². The van der Waals surface area contributed by atoms with Crippen LogP contribution in [0.2, 0.25) is 0 Å². The van der Waals surface area contributed by atoms with Gasteiger partial charge < -0.3 is 26.2 Å². The van der Waals surface area contributed by atoms with E-state index in [2.05, 4.69) is 31.9 Å². The van der Waals surface area contributed by atoms with E-state index < -0.39 is 11.9 Å². The molecule has 0 aliphatic carbocycles. The minimum Gasteiger partial charge on any atom is -0.508 e. The van der Waals surface area contributed by atoms with Crippen molar-refractivity contribution >= 4 is 33.7 Å². The van der Waals surface area contributed by atoms with Crippen molar-refractivity contribution in [2.24, 2.45) is 0 Å². The molecule has 174 valence electrons. The number of piperidine rings is 1. The fourth-order valence-electron chi connectivity index (χ4n) is 3.56. The van der Waals surface area contributed by atoms with Crippen LogP contribution >= 0.6 is 15.9 Å². The highest BCUT2D eigenvalue weighted by atomic mass is 79.9. The highest BCUT2D eigenvalue weighted by Crippen LogP contribution is 2.20. The molecule has 0 bridgehead atoms. The van der Waals surface area contributed by atoms with E-state index in [-0.39, 0.29) is 35.5 Å². The fraction of sp³-hybridized carbons (Fsp3) is 0.292. The molecule has 0 saturated carbocycles. The summed E-state index contributed by atoms with van der Waals surface area (Å²) in [5.74, 6) is -2.03. The Bertz CT molecular complexity index is 1060. The minimum absolute atomic E-state index is 0.115. The molecule has 1 fully saturated rings. The van der Waals surface area contributed by atoms with Gasteiger partial charge in [-0.2, -0.15) is 0 Å². The van der Waals surface area contributed by atoms with E-state index in [1.807, 2.05) is 0 Å². The first-order valence-corrected chi connectivity index (χ1v) is 11.5. The topological polar surface area (TPSA) is 128 Å². The van der Waals surface area contributed by atoms with Crippen molar-refractivity contribution in [2.45, 2.75) is 38.3 Å². The van der Waals surface area contributed by atoms with Crippen molar-refractivity contribution in [3.05, 3.63) is 75.4 Å². The number of phenols is 1. The summed E-state index contributed by atoms with van der Waals surface area (Å²) in [6.45, 7) is 1.14. The summed E-state index contributed by atoms with van der Waals surface area (Å²) in [5, 5.41) is 27.5. The maximum atomic E-state index is 12.7. The van der Waals surface area contributed by atoms with Crippen LogP contribution in [0.1, 0.15) is 52.0 Å². The molecule has 0 aromatic heterocycles. The Morgan fingerprint density at radius 1 is 1.12 bits per heavy atom. The molecule has 5 N–H and O–H groups in total. The second-order valence-electron chi connectivity index (χ2n) is 7.81. The molecule has 33 heavy (non-hydrogen) atoms. The molecule has 1 saturated heterocycles. The van der Waals surface area contributed by atoms with Crippen molar-refractivity contribution in [2.75, 3.05) is 6.54 Å². The van der Waals surface area contributed by atoms with Gasteiger partial charge in [-0.25, -0.2) is 4.79 Å². The second kappa shape index (κ2) is 11.6. The summed E-state index contributed by atoms with van der Waals surface area (Å²) in [6.07, 6.45) is 5.22. The zero-order chi connectivity index (χ0) is 23.8. The first-order chi connectivity index (χ1) is 15.8. The van der Waals surface area contributed by atoms with Crippen molar-refractivity contribution in [1.29, 1.82) is 0 Å². The van der Waals surface area contributed by atoms with Gasteiger partial charge in [0.05, 0.1) is 5.56 Å². The maximum Gasteiger partial charge on any atom is 0.352 e. The molecule has 1 heterocycles. The van der Waals surface area contributed by atoms with Gasteiger partial charge in [-0.1, -0.05) is 24.6 Å². The van der Waals surface area contributed by atoms with Gasteiger partial charge in [-0.3, -0.25) is 9.59 Å². The van der Waals surface area contributed by atoms with Crippen LogP contribution in [-0.2, 0) is 11.3 Å². The molecule has 2 aromatic carbocycles. The number of rotatable bonds is 8. The van der Waals surface area contributed by atoms with Crippen LogP contribution in [-0.4, -0.2) is 40.6 Å². The normalized spacial score (nSPS) is 16.2. The molecule has 1 aliphatic heterocycles. The molecule has 9 heteroatoms. The lowest BCUT2D eigenvalue weighted by atomic mass is 10.0. The fourth-order valence-corrected chi connectivity index (χ4v) is 4.12. The number of benzene rings is 2. The number of hydrogen-bond donors (Lipinski definition) is 5. The average molecular weight is 516 g/mol. The maximum absolute atomic E-state index is 12.7. The predicted molar refractivity (Wildman–Crippen MR) is 127 cm³/mol. The molecule has 2 aromatic rings. The monoisotopic (exact) mass is 515 g/mol. The first-order valence-electron chi connectivity index (χ1n) is 10.7. The molecule has 8 nitrogen and oxygen atoms in total. The zero-order valence-electron chi connectivity index (χ0n) is 17.9. The van der Waals surface area contributed by atoms with E-state index in [4.69, 9.17) is 0 Å². The Hall–Kier alpha value is -3.17. The SMILES string of the molecule is O=C(O)/C(=C/CC1CCCCN1)NC(=O)c1ccc(C(=O)NCc2cccc(O)c2)cc1Br. The van der Waals surface area contributed by atoms with Crippen LogP contribution in [0.5, 0.6) is 5.75 Å². The Kier molecular flexibility index (Phi) is 8.62. The van der Waals surface area contributed by atoms with Crippen LogP contribution < -0.4 is 16.0 Å². The van der Waals surface area contributed by atoms with Gasteiger partial charge >= 0.3 is 5.97 Å². The number of carbonyl (C=O) groups is 3. The van der Waals surface area contributed by atoms with Gasteiger partial charge in [-0.15, -0.1) is 0 Å². The third-order valence-corrected chi connectivity index (χ3v) is 5.99. The lowest BCUT2D eigenvalue weighted by molar-refractivity contribution is -0.133. The Balaban J connectivity index is 1.63. The smallest absolute Gasteiger partial charge is 0.352 e. The molecule has 1 unspecified atom stereocenters. The summed E-state index contributed by atoms with van der Waals surface area (Å²) in [7, 11) is 0. The summed E-state index contributed by atoms with van der Waals surface area (Å²) in [4.78, 5) is 36.7. The summed E-state index contributed by atoms with van der Waals surface area (Å²) in [6, 6.07) is 11.2. The van der Waals surface area contributed by atoms with E-state index in [9.17, 15) is 24.6 Å².